The molecule has 0 aliphatic carbocycles. The summed E-state index contributed by atoms with van der Waals surface area (Å²) >= 11 is 0. The van der Waals surface area contributed by atoms with Gasteiger partial charge in [0.25, 0.3) is 5.91 Å². The summed E-state index contributed by atoms with van der Waals surface area (Å²) in [6, 6.07) is 2.36. The number of hydrogen-bond acceptors (Lipinski definition) is 4. The zero-order valence-corrected chi connectivity index (χ0v) is 9.81. The Labute approximate surface area is 99.4 Å². The Bertz CT molecular complexity index is 414. The van der Waals surface area contributed by atoms with E-state index in [9.17, 15) is 9.59 Å². The highest BCUT2D eigenvalue weighted by Crippen LogP contribution is 2.05. The predicted molar refractivity (Wildman–Crippen MR) is 63.9 cm³/mol. The van der Waals surface area contributed by atoms with E-state index in [0.717, 1.165) is 0 Å². The molecule has 6 nitrogen and oxygen atoms in total. The fourth-order valence-electron chi connectivity index (χ4n) is 1.33. The van der Waals surface area contributed by atoms with Gasteiger partial charge in [-0.3, -0.25) is 9.59 Å². The van der Waals surface area contributed by atoms with Crippen molar-refractivity contribution in [3.8, 4) is 0 Å². The molecule has 2 amide bonds. The molecule has 92 valence electrons. The summed E-state index contributed by atoms with van der Waals surface area (Å²) in [7, 11) is 0. The zero-order chi connectivity index (χ0) is 13.0. The summed E-state index contributed by atoms with van der Waals surface area (Å²) in [6.07, 6.45) is 1.35. The van der Waals surface area contributed by atoms with Crippen LogP contribution in [0.25, 0.3) is 0 Å². The number of hydrogen-bond donors (Lipinski definition) is 3. The van der Waals surface area contributed by atoms with Crippen molar-refractivity contribution in [3.63, 3.8) is 0 Å². The van der Waals surface area contributed by atoms with Crippen molar-refractivity contribution in [1.29, 1.82) is 0 Å². The van der Waals surface area contributed by atoms with Crippen LogP contribution in [0.15, 0.2) is 18.3 Å². The second kappa shape index (κ2) is 5.29. The molecule has 0 saturated heterocycles. The maximum Gasteiger partial charge on any atom is 0.253 e. The van der Waals surface area contributed by atoms with Gasteiger partial charge in [-0.15, -0.1) is 0 Å². The van der Waals surface area contributed by atoms with E-state index in [1.165, 1.54) is 18.3 Å². The van der Waals surface area contributed by atoms with Crippen LogP contribution in [0.2, 0.25) is 0 Å². The molecule has 0 radical (unpaired) electrons. The third-order valence-electron chi connectivity index (χ3n) is 2.31. The summed E-state index contributed by atoms with van der Waals surface area (Å²) in [4.78, 5) is 26.7. The quantitative estimate of drug-likeness (QED) is 0.678. The van der Waals surface area contributed by atoms with Gasteiger partial charge in [0, 0.05) is 6.20 Å². The SMILES string of the molecule is CC(C)C(NC(=O)c1ccc(N)nc1)C(N)=O. The molecule has 17 heavy (non-hydrogen) atoms. The third kappa shape index (κ3) is 3.44. The first-order chi connectivity index (χ1) is 7.91. The molecule has 0 aliphatic rings. The molecule has 0 fully saturated rings. The summed E-state index contributed by atoms with van der Waals surface area (Å²) < 4.78 is 0. The minimum absolute atomic E-state index is 0.0711. The highest BCUT2D eigenvalue weighted by Gasteiger charge is 2.22. The number of carbonyl (C=O) groups is 2. The molecule has 1 aromatic heterocycles. The van der Waals surface area contributed by atoms with Gasteiger partial charge in [0.2, 0.25) is 5.91 Å². The lowest BCUT2D eigenvalue weighted by molar-refractivity contribution is -0.120. The van der Waals surface area contributed by atoms with Crippen molar-refractivity contribution in [1.82, 2.24) is 10.3 Å². The van der Waals surface area contributed by atoms with Gasteiger partial charge in [-0.25, -0.2) is 4.98 Å². The molecule has 0 saturated carbocycles. The summed E-state index contributed by atoms with van der Waals surface area (Å²) in [5.41, 5.74) is 10.9. The fourth-order valence-corrected chi connectivity index (χ4v) is 1.33. The summed E-state index contributed by atoms with van der Waals surface area (Å²) in [5, 5.41) is 2.56. The van der Waals surface area contributed by atoms with Gasteiger partial charge >= 0.3 is 0 Å². The van der Waals surface area contributed by atoms with E-state index in [4.69, 9.17) is 11.5 Å². The van der Waals surface area contributed by atoms with Gasteiger partial charge in [0.1, 0.15) is 11.9 Å². The van der Waals surface area contributed by atoms with Gasteiger partial charge in [0.05, 0.1) is 5.56 Å². The van der Waals surface area contributed by atoms with E-state index in [-0.39, 0.29) is 5.92 Å². The number of anilines is 1. The van der Waals surface area contributed by atoms with Crippen molar-refractivity contribution < 1.29 is 9.59 Å². The number of nitrogens with zero attached hydrogens (tertiary/aromatic N) is 1. The molecular weight excluding hydrogens is 220 g/mol. The molecule has 6 heteroatoms. The molecule has 0 spiro atoms. The number of aromatic nitrogens is 1. The van der Waals surface area contributed by atoms with Crippen LogP contribution in [0.1, 0.15) is 24.2 Å². The van der Waals surface area contributed by atoms with Gasteiger partial charge < -0.3 is 16.8 Å². The van der Waals surface area contributed by atoms with Crippen LogP contribution in [-0.4, -0.2) is 22.8 Å². The Balaban J connectivity index is 2.77. The first kappa shape index (κ1) is 13.0. The number of rotatable bonds is 4. The van der Waals surface area contributed by atoms with Crippen LogP contribution >= 0.6 is 0 Å². The maximum absolute atomic E-state index is 11.8. The summed E-state index contributed by atoms with van der Waals surface area (Å²) in [5.74, 6) is -0.693. The van der Waals surface area contributed by atoms with Gasteiger partial charge in [-0.05, 0) is 18.1 Å². The number of primary amides is 1. The van der Waals surface area contributed by atoms with Crippen molar-refractivity contribution in [2.75, 3.05) is 5.73 Å². The van der Waals surface area contributed by atoms with Crippen LogP contribution < -0.4 is 16.8 Å². The Kier molecular flexibility index (Phi) is 4.03. The molecule has 1 atom stereocenters. The second-order valence-corrected chi connectivity index (χ2v) is 4.07. The lowest BCUT2D eigenvalue weighted by atomic mass is 10.0. The number of pyridine rings is 1. The van der Waals surface area contributed by atoms with Gasteiger partial charge in [0.15, 0.2) is 0 Å². The van der Waals surface area contributed by atoms with E-state index >= 15 is 0 Å². The third-order valence-corrected chi connectivity index (χ3v) is 2.31. The standard InChI is InChI=1S/C11H16N4O2/c1-6(2)9(10(13)16)15-11(17)7-3-4-8(12)14-5-7/h3-6,9H,1-2H3,(H2,12,14)(H2,13,16)(H,15,17). The zero-order valence-electron chi connectivity index (χ0n) is 9.81. The van der Waals surface area contributed by atoms with Crippen LogP contribution in [0.5, 0.6) is 0 Å². The number of amides is 2. The topological polar surface area (TPSA) is 111 Å². The summed E-state index contributed by atoms with van der Waals surface area (Å²) in [6.45, 7) is 3.61. The number of nitrogens with one attached hydrogen (secondary N) is 1. The van der Waals surface area contributed by atoms with E-state index in [0.29, 0.717) is 11.4 Å². The Hall–Kier alpha value is -2.11. The van der Waals surface area contributed by atoms with E-state index in [1.807, 2.05) is 0 Å². The van der Waals surface area contributed by atoms with Crippen LogP contribution in [0, 0.1) is 5.92 Å². The van der Waals surface area contributed by atoms with Crippen molar-refractivity contribution in [3.05, 3.63) is 23.9 Å². The first-order valence-corrected chi connectivity index (χ1v) is 5.23. The van der Waals surface area contributed by atoms with Crippen molar-refractivity contribution in [2.45, 2.75) is 19.9 Å². The number of nitrogen functional groups attached to an aromatic ring is 1. The smallest absolute Gasteiger partial charge is 0.253 e. The average Bonchev–Trinajstić information content (AvgIpc) is 2.25. The molecule has 5 N–H and O–H groups in total. The Morgan fingerprint density at radius 1 is 1.35 bits per heavy atom. The lowest BCUT2D eigenvalue weighted by Crippen LogP contribution is -2.47. The van der Waals surface area contributed by atoms with Crippen LogP contribution in [0.3, 0.4) is 0 Å². The Morgan fingerprint density at radius 2 is 2.00 bits per heavy atom. The van der Waals surface area contributed by atoms with E-state index in [1.54, 1.807) is 13.8 Å². The van der Waals surface area contributed by atoms with Crippen LogP contribution in [-0.2, 0) is 4.79 Å². The molecular formula is C11H16N4O2. The fraction of sp³-hybridized carbons (Fsp3) is 0.364. The average molecular weight is 236 g/mol. The first-order valence-electron chi connectivity index (χ1n) is 5.23. The second-order valence-electron chi connectivity index (χ2n) is 4.07. The Morgan fingerprint density at radius 3 is 2.41 bits per heavy atom. The predicted octanol–water partition coefficient (Wildman–Crippen LogP) is -0.0965. The maximum atomic E-state index is 11.8. The van der Waals surface area contributed by atoms with Crippen molar-refractivity contribution in [2.24, 2.45) is 11.7 Å². The minimum Gasteiger partial charge on any atom is -0.384 e. The molecule has 0 aromatic carbocycles. The van der Waals surface area contributed by atoms with E-state index in [2.05, 4.69) is 10.3 Å². The minimum atomic E-state index is -0.694. The van der Waals surface area contributed by atoms with E-state index < -0.39 is 17.9 Å². The largest absolute Gasteiger partial charge is 0.384 e. The molecule has 1 aromatic rings. The normalized spacial score (nSPS) is 12.2. The van der Waals surface area contributed by atoms with Gasteiger partial charge in [-0.1, -0.05) is 13.8 Å². The van der Waals surface area contributed by atoms with Gasteiger partial charge in [-0.2, -0.15) is 0 Å². The highest BCUT2D eigenvalue weighted by molar-refractivity contribution is 5.97. The molecule has 0 aliphatic heterocycles. The molecule has 1 unspecified atom stereocenters. The monoisotopic (exact) mass is 236 g/mol. The number of carbonyl (C=O) groups excluding carboxylic acids is 2. The number of nitrogens with two attached hydrogens (primary N) is 2. The van der Waals surface area contributed by atoms with Crippen molar-refractivity contribution >= 4 is 17.6 Å². The molecule has 0 bridgehead atoms. The molecule has 1 rings (SSSR count). The van der Waals surface area contributed by atoms with Crippen LogP contribution in [0.4, 0.5) is 5.82 Å². The lowest BCUT2D eigenvalue weighted by Gasteiger charge is -2.18. The highest BCUT2D eigenvalue weighted by atomic mass is 16.2. The molecule has 1 heterocycles.